The van der Waals surface area contributed by atoms with E-state index in [0.717, 1.165) is 31.5 Å². The van der Waals surface area contributed by atoms with Crippen molar-refractivity contribution in [1.29, 1.82) is 0 Å². The zero-order chi connectivity index (χ0) is 18.3. The third-order valence-electron chi connectivity index (χ3n) is 4.44. The van der Waals surface area contributed by atoms with Crippen LogP contribution in [0.5, 0.6) is 0 Å². The second kappa shape index (κ2) is 10.9. The average Bonchev–Trinajstić information content (AvgIpc) is 2.62. The number of piperidine rings is 1. The molecule has 0 aromatic heterocycles. The second-order valence-electron chi connectivity index (χ2n) is 6.56. The minimum absolute atomic E-state index is 0. The summed E-state index contributed by atoms with van der Waals surface area (Å²) >= 11 is 0. The van der Waals surface area contributed by atoms with Crippen LogP contribution in [-0.2, 0) is 14.8 Å². The van der Waals surface area contributed by atoms with Crippen LogP contribution in [0.4, 0.5) is 0 Å². The molecular weight excluding hydrogens is 374 g/mol. The lowest BCUT2D eigenvalue weighted by atomic mass is 9.99. The van der Waals surface area contributed by atoms with E-state index in [0.29, 0.717) is 24.4 Å². The smallest absolute Gasteiger partial charge is 0.243 e. The molecule has 2 rings (SSSR count). The van der Waals surface area contributed by atoms with Gasteiger partial charge in [0.05, 0.1) is 10.8 Å². The van der Waals surface area contributed by atoms with E-state index in [9.17, 15) is 13.2 Å². The molecule has 1 aliphatic rings. The molecule has 26 heavy (non-hydrogen) atoms. The fraction of sp³-hybridized carbons (Fsp3) is 0.611. The molecule has 2 N–H and O–H groups in total. The molecule has 0 aliphatic carbocycles. The Balaban J connectivity index is 0.00000338. The first-order valence-electron chi connectivity index (χ1n) is 9.00. The molecule has 1 saturated heterocycles. The molecule has 0 bridgehead atoms. The molecule has 0 spiro atoms. The highest BCUT2D eigenvalue weighted by atomic mass is 35.5. The highest BCUT2D eigenvalue weighted by Gasteiger charge is 2.33. The lowest BCUT2D eigenvalue weighted by Crippen LogP contribution is -2.46. The predicted octanol–water partition coefficient (Wildman–Crippen LogP) is 1.93. The number of amides is 1. The topological polar surface area (TPSA) is 78.5 Å². The van der Waals surface area contributed by atoms with Gasteiger partial charge >= 0.3 is 0 Å². The van der Waals surface area contributed by atoms with E-state index in [-0.39, 0.29) is 30.8 Å². The minimum atomic E-state index is -3.54. The first-order valence-corrected chi connectivity index (χ1v) is 10.4. The van der Waals surface area contributed by atoms with E-state index in [4.69, 9.17) is 0 Å². The van der Waals surface area contributed by atoms with Crippen molar-refractivity contribution in [1.82, 2.24) is 14.9 Å². The van der Waals surface area contributed by atoms with Crippen molar-refractivity contribution in [3.63, 3.8) is 0 Å². The highest BCUT2D eigenvalue weighted by Crippen LogP contribution is 2.24. The van der Waals surface area contributed by atoms with Crippen molar-refractivity contribution in [3.05, 3.63) is 29.8 Å². The molecule has 1 aliphatic heterocycles. The van der Waals surface area contributed by atoms with Gasteiger partial charge in [-0.05, 0) is 44.9 Å². The van der Waals surface area contributed by atoms with E-state index in [1.165, 1.54) is 4.31 Å². The quantitative estimate of drug-likeness (QED) is 0.650. The lowest BCUT2D eigenvalue weighted by Gasteiger charge is -2.31. The number of carbonyl (C=O) groups excluding carboxylic acids is 1. The van der Waals surface area contributed by atoms with Gasteiger partial charge in [0.1, 0.15) is 0 Å². The van der Waals surface area contributed by atoms with E-state index in [2.05, 4.69) is 17.6 Å². The predicted molar refractivity (Wildman–Crippen MR) is 106 cm³/mol. The zero-order valence-electron chi connectivity index (χ0n) is 15.5. The number of nitrogens with zero attached hydrogens (tertiary/aromatic N) is 1. The summed E-state index contributed by atoms with van der Waals surface area (Å²) in [5.74, 6) is -0.331. The minimum Gasteiger partial charge on any atom is -0.355 e. The molecule has 1 atom stereocenters. The van der Waals surface area contributed by atoms with Gasteiger partial charge in [-0.15, -0.1) is 12.4 Å². The number of halogens is 1. The average molecular weight is 404 g/mol. The zero-order valence-corrected chi connectivity index (χ0v) is 17.2. The normalized spacial score (nSPS) is 18.2. The Labute approximate surface area is 163 Å². The summed E-state index contributed by atoms with van der Waals surface area (Å²) < 4.78 is 27.0. The number of hydrogen-bond acceptors (Lipinski definition) is 4. The van der Waals surface area contributed by atoms with Crippen LogP contribution < -0.4 is 10.6 Å². The van der Waals surface area contributed by atoms with Crippen molar-refractivity contribution < 1.29 is 13.2 Å². The summed E-state index contributed by atoms with van der Waals surface area (Å²) in [5, 5.41) is 6.14. The number of sulfonamides is 1. The Bertz CT molecular complexity index is 665. The maximum atomic E-state index is 12.8. The van der Waals surface area contributed by atoms with E-state index in [1.807, 2.05) is 6.92 Å². The second-order valence-corrected chi connectivity index (χ2v) is 8.49. The van der Waals surface area contributed by atoms with Crippen molar-refractivity contribution in [2.75, 3.05) is 32.7 Å². The van der Waals surface area contributed by atoms with Crippen LogP contribution >= 0.6 is 12.4 Å². The number of benzene rings is 1. The molecule has 148 valence electrons. The molecule has 0 saturated carbocycles. The molecule has 1 unspecified atom stereocenters. The molecule has 6 nitrogen and oxygen atoms in total. The van der Waals surface area contributed by atoms with Crippen LogP contribution in [0, 0.1) is 12.8 Å². The van der Waals surface area contributed by atoms with Gasteiger partial charge in [0.15, 0.2) is 0 Å². The summed E-state index contributed by atoms with van der Waals surface area (Å²) in [4.78, 5) is 12.6. The van der Waals surface area contributed by atoms with Crippen molar-refractivity contribution >= 4 is 28.3 Å². The van der Waals surface area contributed by atoms with E-state index in [1.54, 1.807) is 24.3 Å². The molecule has 1 heterocycles. The molecular formula is C18H30ClN3O3S. The molecule has 1 amide bonds. The number of rotatable bonds is 8. The van der Waals surface area contributed by atoms with Crippen LogP contribution in [0.2, 0.25) is 0 Å². The first kappa shape index (κ1) is 22.9. The summed E-state index contributed by atoms with van der Waals surface area (Å²) in [5.41, 5.74) is 1.02. The summed E-state index contributed by atoms with van der Waals surface area (Å²) in [7, 11) is -3.54. The number of aryl methyl sites for hydroxylation is 1. The van der Waals surface area contributed by atoms with Crippen LogP contribution in [0.1, 0.15) is 31.7 Å². The van der Waals surface area contributed by atoms with Gasteiger partial charge in [0, 0.05) is 26.2 Å². The molecule has 1 aromatic carbocycles. The maximum Gasteiger partial charge on any atom is 0.243 e. The third kappa shape index (κ3) is 6.23. The standard InChI is InChI=1S/C18H29N3O3S.ClH/c1-3-10-19-11-12-20-18(22)16-5-4-13-21(14-16)25(23,24)17-8-6-15(2)7-9-17;/h6-9,16,19H,3-5,10-14H2,1-2H3,(H,20,22);1H. The number of hydrogen-bond donors (Lipinski definition) is 2. The van der Waals surface area contributed by atoms with Crippen molar-refractivity contribution in [3.8, 4) is 0 Å². The van der Waals surface area contributed by atoms with Crippen molar-refractivity contribution in [2.45, 2.75) is 38.0 Å². The third-order valence-corrected chi connectivity index (χ3v) is 6.32. The Morgan fingerprint density at radius 3 is 2.54 bits per heavy atom. The summed E-state index contributed by atoms with van der Waals surface area (Å²) in [6.45, 7) is 6.98. The Kier molecular flexibility index (Phi) is 9.57. The van der Waals surface area contributed by atoms with Gasteiger partial charge in [-0.1, -0.05) is 24.6 Å². The van der Waals surface area contributed by atoms with Crippen LogP contribution in [-0.4, -0.2) is 51.4 Å². The van der Waals surface area contributed by atoms with Gasteiger partial charge in [-0.3, -0.25) is 4.79 Å². The van der Waals surface area contributed by atoms with Gasteiger partial charge < -0.3 is 10.6 Å². The summed E-state index contributed by atoms with van der Waals surface area (Å²) in [6.07, 6.45) is 2.49. The molecule has 8 heteroatoms. The maximum absolute atomic E-state index is 12.8. The van der Waals surface area contributed by atoms with E-state index >= 15 is 0 Å². The first-order chi connectivity index (χ1) is 11.9. The van der Waals surface area contributed by atoms with Gasteiger partial charge in [-0.25, -0.2) is 8.42 Å². The Morgan fingerprint density at radius 1 is 1.19 bits per heavy atom. The Morgan fingerprint density at radius 2 is 1.88 bits per heavy atom. The van der Waals surface area contributed by atoms with Crippen LogP contribution in [0.3, 0.4) is 0 Å². The Hall–Kier alpha value is -1.15. The fourth-order valence-corrected chi connectivity index (χ4v) is 4.48. The van der Waals surface area contributed by atoms with Gasteiger partial charge in [0.2, 0.25) is 15.9 Å². The SMILES string of the molecule is CCCNCCNC(=O)C1CCCN(S(=O)(=O)c2ccc(C)cc2)C1.Cl. The molecule has 0 radical (unpaired) electrons. The lowest BCUT2D eigenvalue weighted by molar-refractivity contribution is -0.126. The van der Waals surface area contributed by atoms with Gasteiger partial charge in [0.25, 0.3) is 0 Å². The highest BCUT2D eigenvalue weighted by molar-refractivity contribution is 7.89. The van der Waals surface area contributed by atoms with Crippen LogP contribution in [0.15, 0.2) is 29.2 Å². The fourth-order valence-electron chi connectivity index (χ4n) is 2.95. The van der Waals surface area contributed by atoms with Crippen LogP contribution in [0.25, 0.3) is 0 Å². The van der Waals surface area contributed by atoms with Gasteiger partial charge in [-0.2, -0.15) is 4.31 Å². The number of carbonyl (C=O) groups is 1. The molecule has 1 aromatic rings. The van der Waals surface area contributed by atoms with E-state index < -0.39 is 10.0 Å². The molecule has 1 fully saturated rings. The summed E-state index contributed by atoms with van der Waals surface area (Å²) in [6, 6.07) is 6.86. The number of nitrogens with one attached hydrogen (secondary N) is 2. The van der Waals surface area contributed by atoms with Crippen molar-refractivity contribution in [2.24, 2.45) is 5.92 Å². The monoisotopic (exact) mass is 403 g/mol. The largest absolute Gasteiger partial charge is 0.355 e.